The average molecular weight is 338 g/mol. The molecule has 0 radical (unpaired) electrons. The number of aromatic nitrogens is 2. The fourth-order valence-electron chi connectivity index (χ4n) is 2.08. The Kier molecular flexibility index (Phi) is 4.46. The number of rotatable bonds is 6. The van der Waals surface area contributed by atoms with E-state index in [2.05, 4.69) is 20.6 Å². The summed E-state index contributed by atoms with van der Waals surface area (Å²) in [7, 11) is 0. The molecule has 128 valence electrons. The van der Waals surface area contributed by atoms with Crippen LogP contribution in [0.2, 0.25) is 0 Å². The van der Waals surface area contributed by atoms with Gasteiger partial charge in [-0.15, -0.1) is 0 Å². The molecule has 2 aromatic rings. The van der Waals surface area contributed by atoms with Crippen LogP contribution in [-0.4, -0.2) is 22.6 Å². The fourth-order valence-corrected chi connectivity index (χ4v) is 2.08. The van der Waals surface area contributed by atoms with Crippen molar-refractivity contribution in [1.82, 2.24) is 9.97 Å². The van der Waals surface area contributed by atoms with E-state index >= 15 is 0 Å². The van der Waals surface area contributed by atoms with E-state index in [0.717, 1.165) is 18.9 Å². The van der Waals surface area contributed by atoms with Gasteiger partial charge in [0, 0.05) is 17.8 Å². The molecule has 3 rings (SSSR count). The Bertz CT molecular complexity index is 699. The first-order chi connectivity index (χ1) is 11.4. The second-order valence-electron chi connectivity index (χ2n) is 5.46. The van der Waals surface area contributed by atoms with Gasteiger partial charge in [0.25, 0.3) is 0 Å². The molecule has 24 heavy (non-hydrogen) atoms. The highest BCUT2D eigenvalue weighted by atomic mass is 19.4. The van der Waals surface area contributed by atoms with Crippen molar-refractivity contribution in [3.8, 4) is 5.75 Å². The van der Waals surface area contributed by atoms with Gasteiger partial charge in [0.1, 0.15) is 11.6 Å². The minimum Gasteiger partial charge on any atom is -0.494 e. The molecule has 5 nitrogen and oxygen atoms in total. The Morgan fingerprint density at radius 3 is 2.46 bits per heavy atom. The van der Waals surface area contributed by atoms with E-state index in [9.17, 15) is 13.2 Å². The van der Waals surface area contributed by atoms with Crippen LogP contribution in [0.25, 0.3) is 0 Å². The lowest BCUT2D eigenvalue weighted by Crippen LogP contribution is -2.14. The van der Waals surface area contributed by atoms with Gasteiger partial charge in [-0.3, -0.25) is 0 Å². The van der Waals surface area contributed by atoms with Gasteiger partial charge in [0.05, 0.1) is 6.61 Å². The average Bonchev–Trinajstić information content (AvgIpc) is 3.32. The van der Waals surface area contributed by atoms with Crippen LogP contribution in [-0.2, 0) is 6.18 Å². The second-order valence-corrected chi connectivity index (χ2v) is 5.46. The lowest BCUT2D eigenvalue weighted by molar-refractivity contribution is -0.141. The molecule has 0 saturated heterocycles. The minimum atomic E-state index is -4.53. The molecular formula is C16H17F3N4O. The van der Waals surface area contributed by atoms with Gasteiger partial charge in [-0.05, 0) is 44.0 Å². The zero-order chi connectivity index (χ0) is 17.2. The Labute approximate surface area is 137 Å². The van der Waals surface area contributed by atoms with Crippen molar-refractivity contribution in [3.05, 3.63) is 36.0 Å². The monoisotopic (exact) mass is 338 g/mol. The molecule has 0 amide bonds. The van der Waals surface area contributed by atoms with Crippen molar-refractivity contribution in [2.24, 2.45) is 0 Å². The van der Waals surface area contributed by atoms with E-state index < -0.39 is 11.9 Å². The van der Waals surface area contributed by atoms with Gasteiger partial charge in [-0.25, -0.2) is 4.98 Å². The van der Waals surface area contributed by atoms with E-state index in [1.54, 1.807) is 24.3 Å². The Hall–Kier alpha value is -2.51. The molecular weight excluding hydrogens is 321 g/mol. The van der Waals surface area contributed by atoms with Crippen molar-refractivity contribution in [3.63, 3.8) is 0 Å². The highest BCUT2D eigenvalue weighted by Gasteiger charge is 2.34. The third kappa shape index (κ3) is 4.27. The maximum absolute atomic E-state index is 13.0. The topological polar surface area (TPSA) is 59.1 Å². The third-order valence-electron chi connectivity index (χ3n) is 3.36. The SMILES string of the molecule is CCOc1ccc(Nc2cc(C(F)(F)F)nc(NC3CC3)n2)cc1. The van der Waals surface area contributed by atoms with E-state index in [-0.39, 0.29) is 17.8 Å². The number of alkyl halides is 3. The first-order valence-corrected chi connectivity index (χ1v) is 7.67. The smallest absolute Gasteiger partial charge is 0.433 e. The molecule has 1 fully saturated rings. The fraction of sp³-hybridized carbons (Fsp3) is 0.375. The van der Waals surface area contributed by atoms with Crippen molar-refractivity contribution in [2.75, 3.05) is 17.2 Å². The molecule has 1 aliphatic rings. The summed E-state index contributed by atoms with van der Waals surface area (Å²) in [6.45, 7) is 2.42. The van der Waals surface area contributed by atoms with Crippen LogP contribution < -0.4 is 15.4 Å². The maximum atomic E-state index is 13.0. The molecule has 0 spiro atoms. The van der Waals surface area contributed by atoms with E-state index in [0.29, 0.717) is 18.0 Å². The van der Waals surface area contributed by atoms with Crippen LogP contribution in [0.4, 0.5) is 30.6 Å². The predicted octanol–water partition coefficient (Wildman–Crippen LogP) is 4.21. The summed E-state index contributed by atoms with van der Waals surface area (Å²) >= 11 is 0. The van der Waals surface area contributed by atoms with Gasteiger partial charge in [-0.2, -0.15) is 18.2 Å². The van der Waals surface area contributed by atoms with Crippen LogP contribution in [0.3, 0.4) is 0 Å². The van der Waals surface area contributed by atoms with E-state index in [1.165, 1.54) is 0 Å². The lowest BCUT2D eigenvalue weighted by Gasteiger charge is -2.13. The highest BCUT2D eigenvalue weighted by molar-refractivity contribution is 5.58. The molecule has 1 aliphatic carbocycles. The van der Waals surface area contributed by atoms with Crippen LogP contribution in [0.1, 0.15) is 25.5 Å². The van der Waals surface area contributed by atoms with Crippen LogP contribution >= 0.6 is 0 Å². The first kappa shape index (κ1) is 16.4. The number of halogens is 3. The quantitative estimate of drug-likeness (QED) is 0.826. The number of anilines is 3. The molecule has 1 aromatic carbocycles. The lowest BCUT2D eigenvalue weighted by atomic mass is 10.3. The number of nitrogens with one attached hydrogen (secondary N) is 2. The molecule has 0 unspecified atom stereocenters. The van der Waals surface area contributed by atoms with Crippen molar-refractivity contribution in [2.45, 2.75) is 32.0 Å². The maximum Gasteiger partial charge on any atom is 0.433 e. The van der Waals surface area contributed by atoms with Crippen molar-refractivity contribution in [1.29, 1.82) is 0 Å². The number of hydrogen-bond donors (Lipinski definition) is 2. The van der Waals surface area contributed by atoms with Gasteiger partial charge in [-0.1, -0.05) is 0 Å². The number of benzene rings is 1. The molecule has 0 atom stereocenters. The molecule has 8 heteroatoms. The second kappa shape index (κ2) is 6.54. The zero-order valence-electron chi connectivity index (χ0n) is 13.0. The zero-order valence-corrected chi connectivity index (χ0v) is 13.0. The number of ether oxygens (including phenoxy) is 1. The molecule has 1 aromatic heterocycles. The summed E-state index contributed by atoms with van der Waals surface area (Å²) in [4.78, 5) is 7.67. The molecule has 0 aliphatic heterocycles. The first-order valence-electron chi connectivity index (χ1n) is 7.67. The van der Waals surface area contributed by atoms with Crippen LogP contribution in [0.15, 0.2) is 30.3 Å². The summed E-state index contributed by atoms with van der Waals surface area (Å²) in [6, 6.07) is 7.96. The largest absolute Gasteiger partial charge is 0.494 e. The minimum absolute atomic E-state index is 0.0132. The summed E-state index contributed by atoms with van der Waals surface area (Å²) in [5, 5.41) is 5.77. The van der Waals surface area contributed by atoms with Gasteiger partial charge in [0.2, 0.25) is 5.95 Å². The van der Waals surface area contributed by atoms with E-state index in [1.807, 2.05) is 6.92 Å². The number of hydrogen-bond acceptors (Lipinski definition) is 5. The van der Waals surface area contributed by atoms with Crippen molar-refractivity contribution >= 4 is 17.5 Å². The summed E-state index contributed by atoms with van der Waals surface area (Å²) in [5.74, 6) is 0.767. The molecule has 2 N–H and O–H groups in total. The van der Waals surface area contributed by atoms with E-state index in [4.69, 9.17) is 4.74 Å². The summed E-state index contributed by atoms with van der Waals surface area (Å²) in [6.07, 6.45) is -2.69. The van der Waals surface area contributed by atoms with Gasteiger partial charge in [0.15, 0.2) is 5.69 Å². The van der Waals surface area contributed by atoms with Gasteiger partial charge < -0.3 is 15.4 Å². The normalized spacial score (nSPS) is 14.3. The number of nitrogens with zero attached hydrogens (tertiary/aromatic N) is 2. The summed E-state index contributed by atoms with van der Waals surface area (Å²) in [5.41, 5.74) is -0.364. The summed E-state index contributed by atoms with van der Waals surface area (Å²) < 4.78 is 44.4. The van der Waals surface area contributed by atoms with Crippen LogP contribution in [0.5, 0.6) is 5.75 Å². The Morgan fingerprint density at radius 2 is 1.88 bits per heavy atom. The molecule has 0 bridgehead atoms. The Balaban J connectivity index is 1.82. The van der Waals surface area contributed by atoms with Crippen LogP contribution in [0, 0.1) is 0 Å². The van der Waals surface area contributed by atoms with Gasteiger partial charge >= 0.3 is 6.18 Å². The standard InChI is InChI=1S/C16H17F3N4O/c1-2-24-12-7-5-10(6-8-12)20-14-9-13(16(17,18)19)22-15(23-14)21-11-3-4-11/h5-9,11H,2-4H2,1H3,(H2,20,21,22,23). The third-order valence-corrected chi connectivity index (χ3v) is 3.36. The molecule has 1 saturated carbocycles. The highest BCUT2D eigenvalue weighted by Crippen LogP contribution is 2.32. The van der Waals surface area contributed by atoms with Crippen molar-refractivity contribution < 1.29 is 17.9 Å². The molecule has 1 heterocycles. The Morgan fingerprint density at radius 1 is 1.17 bits per heavy atom. The predicted molar refractivity (Wildman–Crippen MR) is 84.6 cm³/mol.